The van der Waals surface area contributed by atoms with E-state index in [1.54, 1.807) is 0 Å². The maximum atomic E-state index is 13.5. The number of hydrogen-bond donors (Lipinski definition) is 1. The smallest absolute Gasteiger partial charge is 0.312 e. The van der Waals surface area contributed by atoms with E-state index >= 15 is 0 Å². The van der Waals surface area contributed by atoms with E-state index in [2.05, 4.69) is 26.2 Å². The van der Waals surface area contributed by atoms with Crippen LogP contribution in [0.25, 0.3) is 0 Å². The number of nitro groups is 1. The molecule has 0 aliphatic heterocycles. The van der Waals surface area contributed by atoms with Gasteiger partial charge in [-0.2, -0.15) is 0 Å². The molecule has 2 aromatic rings. The molecule has 0 aliphatic carbocycles. The number of halogens is 4. The minimum Gasteiger partial charge on any atom is -0.332 e. The van der Waals surface area contributed by atoms with E-state index in [0.29, 0.717) is 10.5 Å². The van der Waals surface area contributed by atoms with E-state index in [1.807, 2.05) is 0 Å². The van der Waals surface area contributed by atoms with Gasteiger partial charge in [0, 0.05) is 16.7 Å². The second-order valence-electron chi connectivity index (χ2n) is 3.63. The third kappa shape index (κ3) is 2.72. The first-order chi connectivity index (χ1) is 9.40. The molecule has 0 fully saturated rings. The van der Waals surface area contributed by atoms with Gasteiger partial charge in [-0.25, -0.2) is 18.2 Å². The highest BCUT2D eigenvalue weighted by atomic mass is 79.9. The fraction of sp³-hybridized carbons (Fsp3) is 0. The number of hydrogen-bond acceptors (Lipinski definition) is 4. The summed E-state index contributed by atoms with van der Waals surface area (Å²) in [6.45, 7) is 0. The van der Waals surface area contributed by atoms with Crippen LogP contribution in [0.1, 0.15) is 0 Å². The van der Waals surface area contributed by atoms with E-state index in [0.717, 1.165) is 12.1 Å². The van der Waals surface area contributed by atoms with Crippen molar-refractivity contribution >= 4 is 33.1 Å². The summed E-state index contributed by atoms with van der Waals surface area (Å²) >= 11 is 3.01. The van der Waals surface area contributed by atoms with Crippen molar-refractivity contribution in [3.63, 3.8) is 0 Å². The van der Waals surface area contributed by atoms with Crippen LogP contribution in [-0.2, 0) is 0 Å². The van der Waals surface area contributed by atoms with Crippen molar-refractivity contribution in [3.8, 4) is 0 Å². The molecule has 2 rings (SSSR count). The Labute approximate surface area is 118 Å². The van der Waals surface area contributed by atoms with Crippen LogP contribution in [-0.4, -0.2) is 9.91 Å². The van der Waals surface area contributed by atoms with Gasteiger partial charge in [-0.1, -0.05) is 0 Å². The van der Waals surface area contributed by atoms with Gasteiger partial charge >= 0.3 is 5.69 Å². The third-order valence-corrected chi connectivity index (χ3v) is 2.75. The average molecular weight is 348 g/mol. The first kappa shape index (κ1) is 14.3. The predicted molar refractivity (Wildman–Crippen MR) is 68.2 cm³/mol. The van der Waals surface area contributed by atoms with E-state index in [1.165, 1.54) is 6.20 Å². The lowest BCUT2D eigenvalue weighted by atomic mass is 10.2. The molecule has 1 aromatic heterocycles. The van der Waals surface area contributed by atoms with Crippen molar-refractivity contribution in [2.75, 3.05) is 5.32 Å². The van der Waals surface area contributed by atoms with Gasteiger partial charge in [-0.15, -0.1) is 0 Å². The summed E-state index contributed by atoms with van der Waals surface area (Å²) < 4.78 is 39.7. The number of pyridine rings is 1. The molecule has 1 aromatic carbocycles. The molecule has 0 unspecified atom stereocenters. The Kier molecular flexibility index (Phi) is 3.89. The van der Waals surface area contributed by atoms with Crippen LogP contribution >= 0.6 is 15.9 Å². The monoisotopic (exact) mass is 347 g/mol. The Balaban J connectivity index is 2.45. The number of anilines is 2. The highest BCUT2D eigenvalue weighted by Crippen LogP contribution is 2.30. The van der Waals surface area contributed by atoms with Gasteiger partial charge in [0.05, 0.1) is 10.6 Å². The topological polar surface area (TPSA) is 68.1 Å². The highest BCUT2D eigenvalue weighted by Gasteiger charge is 2.19. The molecule has 0 saturated heterocycles. The molecule has 0 aliphatic rings. The number of benzene rings is 1. The summed E-state index contributed by atoms with van der Waals surface area (Å²) in [5, 5.41) is 13.1. The van der Waals surface area contributed by atoms with Gasteiger partial charge in [0.25, 0.3) is 0 Å². The van der Waals surface area contributed by atoms with Crippen molar-refractivity contribution in [2.24, 2.45) is 0 Å². The van der Waals surface area contributed by atoms with Crippen LogP contribution in [0.5, 0.6) is 0 Å². The normalized spacial score (nSPS) is 10.4. The molecule has 20 heavy (non-hydrogen) atoms. The highest BCUT2D eigenvalue weighted by molar-refractivity contribution is 9.10. The fourth-order valence-corrected chi connectivity index (χ4v) is 1.73. The molecular weight excluding hydrogens is 343 g/mol. The zero-order valence-corrected chi connectivity index (χ0v) is 11.1. The van der Waals surface area contributed by atoms with Crippen LogP contribution in [0, 0.1) is 27.6 Å². The van der Waals surface area contributed by atoms with Crippen molar-refractivity contribution in [3.05, 3.63) is 56.4 Å². The number of rotatable bonds is 3. The molecule has 0 bridgehead atoms. The molecule has 0 saturated carbocycles. The lowest BCUT2D eigenvalue weighted by molar-refractivity contribution is -0.384. The Morgan fingerprint density at radius 1 is 1.25 bits per heavy atom. The summed E-state index contributed by atoms with van der Waals surface area (Å²) in [5.74, 6) is -4.80. The summed E-state index contributed by atoms with van der Waals surface area (Å²) in [7, 11) is 0. The molecule has 104 valence electrons. The van der Waals surface area contributed by atoms with Crippen molar-refractivity contribution < 1.29 is 18.1 Å². The lowest BCUT2D eigenvalue weighted by Crippen LogP contribution is -2.03. The Bertz CT molecular complexity index is 697. The predicted octanol–water partition coefficient (Wildman–Crippen LogP) is 3.91. The average Bonchev–Trinajstić information content (AvgIpc) is 2.41. The van der Waals surface area contributed by atoms with E-state index in [-0.39, 0.29) is 5.82 Å². The molecule has 0 radical (unpaired) electrons. The summed E-state index contributed by atoms with van der Waals surface area (Å²) in [6.07, 6.45) is 1.24. The second-order valence-corrected chi connectivity index (χ2v) is 4.54. The Morgan fingerprint density at radius 2 is 1.95 bits per heavy atom. The van der Waals surface area contributed by atoms with E-state index < -0.39 is 33.7 Å². The van der Waals surface area contributed by atoms with Gasteiger partial charge in [-0.05, 0) is 28.1 Å². The van der Waals surface area contributed by atoms with Gasteiger partial charge in [0.15, 0.2) is 17.5 Å². The van der Waals surface area contributed by atoms with E-state index in [4.69, 9.17) is 0 Å². The zero-order chi connectivity index (χ0) is 14.9. The van der Waals surface area contributed by atoms with Gasteiger partial charge < -0.3 is 5.32 Å². The maximum absolute atomic E-state index is 13.5. The molecule has 0 spiro atoms. The van der Waals surface area contributed by atoms with Gasteiger partial charge in [-0.3, -0.25) is 10.1 Å². The first-order valence-electron chi connectivity index (χ1n) is 5.10. The molecule has 0 amide bonds. The number of nitrogens with one attached hydrogen (secondary N) is 1. The number of nitrogens with zero attached hydrogens (tertiary/aromatic N) is 2. The minimum atomic E-state index is -1.67. The van der Waals surface area contributed by atoms with Gasteiger partial charge in [0.1, 0.15) is 0 Å². The Hall–Kier alpha value is -2.16. The van der Waals surface area contributed by atoms with Crippen LogP contribution in [0.4, 0.5) is 30.4 Å². The minimum absolute atomic E-state index is 0.289. The fourth-order valence-electron chi connectivity index (χ4n) is 1.41. The van der Waals surface area contributed by atoms with Crippen LogP contribution in [0.3, 0.4) is 0 Å². The molecule has 0 atom stereocenters. The molecular formula is C11H5BrF3N3O2. The lowest BCUT2D eigenvalue weighted by Gasteiger charge is -2.08. The zero-order valence-electron chi connectivity index (χ0n) is 9.53. The van der Waals surface area contributed by atoms with Crippen LogP contribution in [0.2, 0.25) is 0 Å². The summed E-state index contributed by atoms with van der Waals surface area (Å²) in [6, 6.07) is 2.76. The summed E-state index contributed by atoms with van der Waals surface area (Å²) in [4.78, 5) is 13.8. The SMILES string of the molecule is O=[N+]([O-])c1cc(Br)cnc1Nc1ccc(F)c(F)c1F. The van der Waals surface area contributed by atoms with Crippen molar-refractivity contribution in [2.45, 2.75) is 0 Å². The quantitative estimate of drug-likeness (QED) is 0.519. The maximum Gasteiger partial charge on any atom is 0.312 e. The van der Waals surface area contributed by atoms with E-state index in [9.17, 15) is 23.3 Å². The number of aromatic nitrogens is 1. The van der Waals surface area contributed by atoms with Crippen LogP contribution in [0.15, 0.2) is 28.9 Å². The van der Waals surface area contributed by atoms with Crippen molar-refractivity contribution in [1.29, 1.82) is 0 Å². The molecule has 1 N–H and O–H groups in total. The molecule has 1 heterocycles. The Morgan fingerprint density at radius 3 is 2.60 bits per heavy atom. The van der Waals surface area contributed by atoms with Gasteiger partial charge in [0.2, 0.25) is 5.82 Å². The largest absolute Gasteiger partial charge is 0.332 e. The van der Waals surface area contributed by atoms with Crippen LogP contribution < -0.4 is 5.32 Å². The molecule has 5 nitrogen and oxygen atoms in total. The first-order valence-corrected chi connectivity index (χ1v) is 5.90. The summed E-state index contributed by atoms with van der Waals surface area (Å²) in [5.41, 5.74) is -0.898. The standard InChI is InChI=1S/C11H5BrF3N3O2/c12-5-3-8(18(19)20)11(16-4-5)17-7-2-1-6(13)9(14)10(7)15/h1-4H,(H,16,17). The molecule has 9 heteroatoms. The third-order valence-electron chi connectivity index (χ3n) is 2.32. The van der Waals surface area contributed by atoms with Crippen molar-refractivity contribution in [1.82, 2.24) is 4.98 Å². The second kappa shape index (κ2) is 5.45.